The maximum atomic E-state index is 3.67. The Balaban J connectivity index is 1.60. The molecular formula is C9H17IN2. The number of nitrogens with zero attached hydrogens (tertiary/aromatic N) is 1. The highest BCUT2D eigenvalue weighted by atomic mass is 127. The minimum Gasteiger partial charge on any atom is -0.312 e. The van der Waals surface area contributed by atoms with Crippen molar-refractivity contribution in [2.75, 3.05) is 19.6 Å². The van der Waals surface area contributed by atoms with Crippen LogP contribution >= 0.6 is 22.9 Å². The van der Waals surface area contributed by atoms with Crippen LogP contribution in [-0.2, 0) is 0 Å². The van der Waals surface area contributed by atoms with E-state index in [2.05, 4.69) is 31.3 Å². The molecule has 2 rings (SSSR count). The zero-order chi connectivity index (χ0) is 8.39. The molecule has 1 saturated heterocycles. The summed E-state index contributed by atoms with van der Waals surface area (Å²) in [5.41, 5.74) is 0. The first-order valence-electron chi connectivity index (χ1n) is 4.98. The van der Waals surface area contributed by atoms with Crippen LogP contribution in [0.25, 0.3) is 0 Å². The molecule has 1 atom stereocenters. The van der Waals surface area contributed by atoms with E-state index < -0.39 is 0 Å². The van der Waals surface area contributed by atoms with Crippen molar-refractivity contribution in [3.05, 3.63) is 0 Å². The van der Waals surface area contributed by atoms with Gasteiger partial charge in [0.2, 0.25) is 0 Å². The maximum absolute atomic E-state index is 3.67. The van der Waals surface area contributed by atoms with Gasteiger partial charge in [0.05, 0.1) is 0 Å². The molecule has 0 aromatic carbocycles. The van der Waals surface area contributed by atoms with Gasteiger partial charge in [-0.3, -0.25) is 0 Å². The van der Waals surface area contributed by atoms with E-state index in [1.54, 1.807) is 0 Å². The maximum Gasteiger partial charge on any atom is 0.0236 e. The monoisotopic (exact) mass is 280 g/mol. The predicted molar refractivity (Wildman–Crippen MR) is 59.3 cm³/mol. The first-order valence-corrected chi connectivity index (χ1v) is 5.95. The van der Waals surface area contributed by atoms with Crippen LogP contribution in [0.3, 0.4) is 0 Å². The van der Waals surface area contributed by atoms with Crippen molar-refractivity contribution in [2.24, 2.45) is 5.92 Å². The van der Waals surface area contributed by atoms with E-state index in [-0.39, 0.29) is 0 Å². The van der Waals surface area contributed by atoms with Crippen LogP contribution in [0, 0.1) is 5.92 Å². The van der Waals surface area contributed by atoms with Gasteiger partial charge in [-0.1, -0.05) is 6.42 Å². The van der Waals surface area contributed by atoms with Gasteiger partial charge in [0.15, 0.2) is 0 Å². The van der Waals surface area contributed by atoms with Crippen LogP contribution in [0.2, 0.25) is 0 Å². The summed E-state index contributed by atoms with van der Waals surface area (Å²) in [5.74, 6) is 1.01. The van der Waals surface area contributed by atoms with Gasteiger partial charge in [0.25, 0.3) is 0 Å². The summed E-state index contributed by atoms with van der Waals surface area (Å²) >= 11 is 2.42. The molecule has 0 amide bonds. The second kappa shape index (κ2) is 4.24. The predicted octanol–water partition coefficient (Wildman–Crippen LogP) is 1.80. The largest absolute Gasteiger partial charge is 0.312 e. The third-order valence-corrected chi connectivity index (χ3v) is 3.93. The van der Waals surface area contributed by atoms with E-state index in [9.17, 15) is 0 Å². The molecule has 1 aliphatic carbocycles. The third-order valence-electron chi connectivity index (χ3n) is 3.06. The van der Waals surface area contributed by atoms with E-state index in [1.165, 1.54) is 45.3 Å². The molecule has 1 saturated carbocycles. The fourth-order valence-electron chi connectivity index (χ4n) is 1.91. The zero-order valence-corrected chi connectivity index (χ0v) is 9.59. The molecule has 0 bridgehead atoms. The van der Waals surface area contributed by atoms with Gasteiger partial charge in [-0.15, -0.1) is 0 Å². The molecule has 2 fully saturated rings. The van der Waals surface area contributed by atoms with Crippen LogP contribution in [0.4, 0.5) is 0 Å². The quantitative estimate of drug-likeness (QED) is 0.626. The summed E-state index contributed by atoms with van der Waals surface area (Å²) in [4.78, 5) is 0. The van der Waals surface area contributed by atoms with Crippen LogP contribution in [-0.4, -0.2) is 28.8 Å². The lowest BCUT2D eigenvalue weighted by Crippen LogP contribution is -2.36. The van der Waals surface area contributed by atoms with Crippen LogP contribution in [0.5, 0.6) is 0 Å². The molecule has 0 spiro atoms. The molecule has 2 nitrogen and oxygen atoms in total. The van der Waals surface area contributed by atoms with E-state index in [0.29, 0.717) is 0 Å². The average molecular weight is 280 g/mol. The van der Waals surface area contributed by atoms with Crippen molar-refractivity contribution >= 4 is 22.9 Å². The lowest BCUT2D eigenvalue weighted by Gasteiger charge is -2.27. The Hall–Kier alpha value is 0.650. The highest BCUT2D eigenvalue weighted by Crippen LogP contribution is 2.25. The smallest absolute Gasteiger partial charge is 0.0236 e. The number of halogens is 1. The van der Waals surface area contributed by atoms with E-state index in [4.69, 9.17) is 0 Å². The highest BCUT2D eigenvalue weighted by Gasteiger charge is 2.22. The van der Waals surface area contributed by atoms with Crippen molar-refractivity contribution < 1.29 is 0 Å². The summed E-state index contributed by atoms with van der Waals surface area (Å²) < 4.78 is 2.39. The van der Waals surface area contributed by atoms with Gasteiger partial charge in [-0.25, -0.2) is 3.11 Å². The molecule has 1 unspecified atom stereocenters. The molecule has 0 aromatic heterocycles. The molecule has 0 aromatic rings. The summed E-state index contributed by atoms with van der Waals surface area (Å²) in [7, 11) is 0. The van der Waals surface area contributed by atoms with Gasteiger partial charge in [-0.05, 0) is 31.7 Å². The lowest BCUT2D eigenvalue weighted by molar-refractivity contribution is 0.290. The summed E-state index contributed by atoms with van der Waals surface area (Å²) in [6.07, 6.45) is 5.74. The summed E-state index contributed by atoms with van der Waals surface area (Å²) in [5, 5.41) is 3.67. The van der Waals surface area contributed by atoms with E-state index in [1.807, 2.05) is 0 Å². The van der Waals surface area contributed by atoms with Crippen LogP contribution < -0.4 is 5.32 Å². The molecule has 1 N–H and O–H groups in total. The SMILES string of the molecule is IN1CCC(NCC2CCC2)C1. The minimum atomic E-state index is 0.780. The molecule has 0 radical (unpaired) electrons. The Kier molecular flexibility index (Phi) is 3.26. The molecular weight excluding hydrogens is 263 g/mol. The van der Waals surface area contributed by atoms with Gasteiger partial charge < -0.3 is 5.32 Å². The van der Waals surface area contributed by atoms with Gasteiger partial charge in [0.1, 0.15) is 0 Å². The molecule has 3 heteroatoms. The van der Waals surface area contributed by atoms with Crippen molar-refractivity contribution in [2.45, 2.75) is 31.7 Å². The summed E-state index contributed by atoms with van der Waals surface area (Å²) in [6.45, 7) is 3.78. The first-order chi connectivity index (χ1) is 5.84. The highest BCUT2D eigenvalue weighted by molar-refractivity contribution is 14.1. The van der Waals surface area contributed by atoms with Crippen molar-refractivity contribution in [1.82, 2.24) is 8.43 Å². The lowest BCUT2D eigenvalue weighted by atomic mass is 9.85. The zero-order valence-electron chi connectivity index (χ0n) is 7.43. The fourth-order valence-corrected chi connectivity index (χ4v) is 2.67. The number of hydrogen-bond acceptors (Lipinski definition) is 2. The van der Waals surface area contributed by atoms with Crippen molar-refractivity contribution in [3.63, 3.8) is 0 Å². The fraction of sp³-hybridized carbons (Fsp3) is 1.00. The van der Waals surface area contributed by atoms with Gasteiger partial charge >= 0.3 is 0 Å². The van der Waals surface area contributed by atoms with Gasteiger partial charge in [0, 0.05) is 42.0 Å². The Morgan fingerprint density at radius 1 is 1.33 bits per heavy atom. The van der Waals surface area contributed by atoms with Crippen LogP contribution in [0.1, 0.15) is 25.7 Å². The molecule has 1 heterocycles. The molecule has 1 aliphatic heterocycles. The topological polar surface area (TPSA) is 15.3 Å². The molecule has 70 valence electrons. The minimum absolute atomic E-state index is 0.780. The van der Waals surface area contributed by atoms with Gasteiger partial charge in [-0.2, -0.15) is 0 Å². The Morgan fingerprint density at radius 2 is 2.17 bits per heavy atom. The van der Waals surface area contributed by atoms with Crippen molar-refractivity contribution in [1.29, 1.82) is 0 Å². The Bertz CT molecular complexity index is 147. The normalized spacial score (nSPS) is 32.2. The Labute approximate surface area is 88.6 Å². The second-order valence-corrected chi connectivity index (χ2v) is 5.42. The standard InChI is InChI=1S/C9H17IN2/c10-12-5-4-9(7-12)11-6-8-2-1-3-8/h8-9,11H,1-7H2. The van der Waals surface area contributed by atoms with Crippen LogP contribution in [0.15, 0.2) is 0 Å². The number of hydrogen-bond donors (Lipinski definition) is 1. The van der Waals surface area contributed by atoms with E-state index in [0.717, 1.165) is 12.0 Å². The van der Waals surface area contributed by atoms with E-state index >= 15 is 0 Å². The third kappa shape index (κ3) is 2.33. The first kappa shape index (κ1) is 9.21. The number of nitrogens with one attached hydrogen (secondary N) is 1. The van der Waals surface area contributed by atoms with Crippen molar-refractivity contribution in [3.8, 4) is 0 Å². The molecule has 12 heavy (non-hydrogen) atoms. The number of rotatable bonds is 3. The summed E-state index contributed by atoms with van der Waals surface area (Å²) in [6, 6.07) is 0.780. The Morgan fingerprint density at radius 3 is 2.67 bits per heavy atom. The average Bonchev–Trinajstić information content (AvgIpc) is 2.32. The second-order valence-electron chi connectivity index (χ2n) is 4.06. The molecule has 2 aliphatic rings.